The summed E-state index contributed by atoms with van der Waals surface area (Å²) in [5, 5.41) is 6.01. The second-order valence-corrected chi connectivity index (χ2v) is 6.14. The first-order valence-corrected chi connectivity index (χ1v) is 7.63. The van der Waals surface area contributed by atoms with Gasteiger partial charge in [-0.1, -0.05) is 6.07 Å². The van der Waals surface area contributed by atoms with Gasteiger partial charge in [-0.2, -0.15) is 0 Å². The molecular weight excluding hydrogens is 264 g/mol. The highest BCUT2D eigenvalue weighted by Gasteiger charge is 2.29. The Kier molecular flexibility index (Phi) is 3.87. The summed E-state index contributed by atoms with van der Waals surface area (Å²) in [5.74, 6) is 0.0304. The molecule has 2 N–H and O–H groups in total. The van der Waals surface area contributed by atoms with E-state index in [2.05, 4.69) is 52.7 Å². The third-order valence-corrected chi connectivity index (χ3v) is 4.75. The van der Waals surface area contributed by atoms with E-state index in [1.165, 1.54) is 19.4 Å². The predicted molar refractivity (Wildman–Crippen MR) is 85.8 cm³/mol. The van der Waals surface area contributed by atoms with E-state index in [0.29, 0.717) is 6.04 Å². The highest BCUT2D eigenvalue weighted by molar-refractivity contribution is 6.03. The topological polar surface area (TPSA) is 47.6 Å². The monoisotopic (exact) mass is 288 g/mol. The van der Waals surface area contributed by atoms with E-state index in [1.54, 1.807) is 0 Å². The number of amides is 1. The first kappa shape index (κ1) is 14.4. The molecule has 2 atom stereocenters. The molecule has 1 amide bonds. The smallest absolute Gasteiger partial charge is 0.246 e. The fourth-order valence-corrected chi connectivity index (χ4v) is 3.41. The summed E-state index contributed by atoms with van der Waals surface area (Å²) in [5.41, 5.74) is 3.13. The van der Waals surface area contributed by atoms with E-state index in [-0.39, 0.29) is 11.9 Å². The number of anilines is 2. The van der Waals surface area contributed by atoms with Crippen LogP contribution in [0.1, 0.15) is 24.4 Å². The van der Waals surface area contributed by atoms with Crippen LogP contribution < -0.4 is 15.5 Å². The summed E-state index contributed by atoms with van der Waals surface area (Å²) in [7, 11) is 6.14. The molecule has 3 rings (SSSR count). The summed E-state index contributed by atoms with van der Waals surface area (Å²) < 4.78 is 0. The first-order chi connectivity index (χ1) is 10.1. The van der Waals surface area contributed by atoms with Crippen LogP contribution in [0.15, 0.2) is 18.2 Å². The highest BCUT2D eigenvalue weighted by Crippen LogP contribution is 2.33. The number of likely N-dealkylation sites (N-methyl/N-ethyl adjacent to an activating group) is 3. The summed E-state index contributed by atoms with van der Waals surface area (Å²) in [6.45, 7) is 2.22. The van der Waals surface area contributed by atoms with E-state index in [0.717, 1.165) is 23.5 Å². The molecule has 2 unspecified atom stereocenters. The number of carbonyl (C=O) groups excluding carboxylic acids is 1. The van der Waals surface area contributed by atoms with Crippen LogP contribution in [-0.4, -0.2) is 51.1 Å². The summed E-state index contributed by atoms with van der Waals surface area (Å²) >= 11 is 0. The highest BCUT2D eigenvalue weighted by atomic mass is 16.2. The van der Waals surface area contributed by atoms with Crippen LogP contribution >= 0.6 is 0 Å². The summed E-state index contributed by atoms with van der Waals surface area (Å²) in [6.07, 6.45) is 2.56. The van der Waals surface area contributed by atoms with Gasteiger partial charge in [0.15, 0.2) is 0 Å². The maximum atomic E-state index is 11.9. The molecule has 2 aliphatic heterocycles. The molecule has 2 aliphatic rings. The molecule has 0 radical (unpaired) electrons. The van der Waals surface area contributed by atoms with Gasteiger partial charge < -0.3 is 20.4 Å². The molecule has 1 aromatic carbocycles. The van der Waals surface area contributed by atoms with Gasteiger partial charge in [0.25, 0.3) is 0 Å². The molecule has 114 valence electrons. The second kappa shape index (κ2) is 5.66. The SMILES string of the molecule is CNC1C(=O)Nc2cc(N(C)CC3CCCN3C)ccc21. The Morgan fingerprint density at radius 3 is 2.95 bits per heavy atom. The lowest BCUT2D eigenvalue weighted by atomic mass is 10.1. The van der Waals surface area contributed by atoms with E-state index >= 15 is 0 Å². The minimum absolute atomic E-state index is 0.0304. The molecule has 0 bridgehead atoms. The van der Waals surface area contributed by atoms with Crippen LogP contribution in [0.3, 0.4) is 0 Å². The zero-order valence-corrected chi connectivity index (χ0v) is 13.0. The van der Waals surface area contributed by atoms with Gasteiger partial charge in [0.05, 0.1) is 0 Å². The molecule has 5 nitrogen and oxygen atoms in total. The third-order valence-electron chi connectivity index (χ3n) is 4.75. The van der Waals surface area contributed by atoms with Crippen molar-refractivity contribution in [2.24, 2.45) is 0 Å². The fraction of sp³-hybridized carbons (Fsp3) is 0.562. The van der Waals surface area contributed by atoms with Crippen molar-refractivity contribution in [3.63, 3.8) is 0 Å². The quantitative estimate of drug-likeness (QED) is 0.880. The van der Waals surface area contributed by atoms with Crippen molar-refractivity contribution >= 4 is 17.3 Å². The molecule has 21 heavy (non-hydrogen) atoms. The van der Waals surface area contributed by atoms with Crippen molar-refractivity contribution in [3.8, 4) is 0 Å². The van der Waals surface area contributed by atoms with Crippen molar-refractivity contribution in [2.45, 2.75) is 24.9 Å². The normalized spacial score (nSPS) is 25.0. The molecule has 0 saturated carbocycles. The van der Waals surface area contributed by atoms with Crippen molar-refractivity contribution in [2.75, 3.05) is 44.4 Å². The Balaban J connectivity index is 1.75. The molecule has 0 aliphatic carbocycles. The lowest BCUT2D eigenvalue weighted by Crippen LogP contribution is -2.36. The minimum atomic E-state index is -0.222. The largest absolute Gasteiger partial charge is 0.373 e. The minimum Gasteiger partial charge on any atom is -0.373 e. The van der Waals surface area contributed by atoms with Crippen LogP contribution in [0.4, 0.5) is 11.4 Å². The second-order valence-electron chi connectivity index (χ2n) is 6.14. The number of nitrogens with zero attached hydrogens (tertiary/aromatic N) is 2. The summed E-state index contributed by atoms with van der Waals surface area (Å²) in [6, 6.07) is 6.65. The number of rotatable bonds is 4. The predicted octanol–water partition coefficient (Wildman–Crippen LogP) is 1.43. The Morgan fingerprint density at radius 1 is 1.48 bits per heavy atom. The van der Waals surface area contributed by atoms with E-state index in [1.807, 2.05) is 7.05 Å². The summed E-state index contributed by atoms with van der Waals surface area (Å²) in [4.78, 5) is 16.6. The Morgan fingerprint density at radius 2 is 2.29 bits per heavy atom. The molecule has 1 fully saturated rings. The van der Waals surface area contributed by atoms with Crippen LogP contribution in [0.25, 0.3) is 0 Å². The van der Waals surface area contributed by atoms with Crippen molar-refractivity contribution in [1.29, 1.82) is 0 Å². The van der Waals surface area contributed by atoms with Gasteiger partial charge >= 0.3 is 0 Å². The Bertz CT molecular complexity index is 545. The number of carbonyl (C=O) groups is 1. The number of hydrogen-bond donors (Lipinski definition) is 2. The van der Waals surface area contributed by atoms with Crippen LogP contribution in [0.2, 0.25) is 0 Å². The number of benzene rings is 1. The zero-order valence-electron chi connectivity index (χ0n) is 13.0. The van der Waals surface area contributed by atoms with Crippen molar-refractivity contribution < 1.29 is 4.79 Å². The van der Waals surface area contributed by atoms with Gasteiger partial charge in [-0.3, -0.25) is 4.79 Å². The Labute approximate surface area is 126 Å². The maximum Gasteiger partial charge on any atom is 0.246 e. The molecule has 1 aromatic rings. The lowest BCUT2D eigenvalue weighted by Gasteiger charge is -2.27. The third kappa shape index (κ3) is 2.63. The van der Waals surface area contributed by atoms with Gasteiger partial charge in [0, 0.05) is 36.6 Å². The van der Waals surface area contributed by atoms with Gasteiger partial charge in [0.1, 0.15) is 6.04 Å². The van der Waals surface area contributed by atoms with E-state index < -0.39 is 0 Å². The average Bonchev–Trinajstić information content (AvgIpc) is 3.00. The molecule has 5 heteroatoms. The van der Waals surface area contributed by atoms with Gasteiger partial charge in [-0.15, -0.1) is 0 Å². The first-order valence-electron chi connectivity index (χ1n) is 7.63. The Hall–Kier alpha value is -1.59. The van der Waals surface area contributed by atoms with Crippen LogP contribution in [-0.2, 0) is 4.79 Å². The molecule has 2 heterocycles. The number of likely N-dealkylation sites (tertiary alicyclic amines) is 1. The molecule has 0 spiro atoms. The fourth-order valence-electron chi connectivity index (χ4n) is 3.41. The van der Waals surface area contributed by atoms with E-state index in [9.17, 15) is 4.79 Å². The maximum absolute atomic E-state index is 11.9. The van der Waals surface area contributed by atoms with Gasteiger partial charge in [-0.25, -0.2) is 0 Å². The van der Waals surface area contributed by atoms with Gasteiger partial charge in [-0.05, 0) is 45.6 Å². The van der Waals surface area contributed by atoms with Gasteiger partial charge in [0.2, 0.25) is 5.91 Å². The average molecular weight is 288 g/mol. The number of fused-ring (bicyclic) bond motifs is 1. The lowest BCUT2D eigenvalue weighted by molar-refractivity contribution is -0.117. The zero-order chi connectivity index (χ0) is 15.0. The number of hydrogen-bond acceptors (Lipinski definition) is 4. The molecular formula is C16H24N4O. The van der Waals surface area contributed by atoms with E-state index in [4.69, 9.17) is 0 Å². The molecule has 1 saturated heterocycles. The van der Waals surface area contributed by atoms with Crippen molar-refractivity contribution in [1.82, 2.24) is 10.2 Å². The van der Waals surface area contributed by atoms with Crippen LogP contribution in [0, 0.1) is 0 Å². The standard InChI is InChI=1S/C16H24N4O/c1-17-15-13-7-6-11(9-14(13)18-16(15)21)20(3)10-12-5-4-8-19(12)2/h6-7,9,12,15,17H,4-5,8,10H2,1-3H3,(H,18,21). The van der Waals surface area contributed by atoms with Crippen molar-refractivity contribution in [3.05, 3.63) is 23.8 Å². The van der Waals surface area contributed by atoms with Crippen LogP contribution in [0.5, 0.6) is 0 Å². The molecule has 0 aromatic heterocycles. The number of nitrogens with one attached hydrogen (secondary N) is 2.